The van der Waals surface area contributed by atoms with E-state index in [0.29, 0.717) is 16.9 Å². The number of carbonyl (C=O) groups excluding carboxylic acids is 2. The fourth-order valence-corrected chi connectivity index (χ4v) is 1.68. The molecule has 0 aliphatic carbocycles. The van der Waals surface area contributed by atoms with Crippen molar-refractivity contribution in [1.82, 2.24) is 0 Å². The standard InChI is InChI=1S/C15H17ClO3/c1-8(2)14(17)12-6-7-13(10(4)9(12)3)19-11(5)15(16)18/h6-7,11H,1H2,2-5H3. The molecule has 0 saturated carbocycles. The largest absolute Gasteiger partial charge is 0.481 e. The van der Waals surface area contributed by atoms with Crippen LogP contribution in [0, 0.1) is 13.8 Å². The van der Waals surface area contributed by atoms with Gasteiger partial charge in [0.05, 0.1) is 0 Å². The zero-order chi connectivity index (χ0) is 14.7. The third-order valence-corrected chi connectivity index (χ3v) is 3.30. The zero-order valence-corrected chi connectivity index (χ0v) is 12.3. The van der Waals surface area contributed by atoms with Crippen LogP contribution in [0.4, 0.5) is 0 Å². The summed E-state index contributed by atoms with van der Waals surface area (Å²) >= 11 is 5.36. The molecule has 0 amide bonds. The molecule has 1 unspecified atom stereocenters. The molecule has 0 aromatic heterocycles. The molecule has 0 heterocycles. The van der Waals surface area contributed by atoms with Gasteiger partial charge in [0.2, 0.25) is 0 Å². The molecule has 0 aliphatic heterocycles. The van der Waals surface area contributed by atoms with E-state index in [2.05, 4.69) is 6.58 Å². The molecule has 0 radical (unpaired) electrons. The van der Waals surface area contributed by atoms with Crippen LogP contribution >= 0.6 is 11.6 Å². The number of benzene rings is 1. The third-order valence-electron chi connectivity index (χ3n) is 2.99. The molecule has 0 bridgehead atoms. The van der Waals surface area contributed by atoms with Crippen molar-refractivity contribution in [2.45, 2.75) is 33.8 Å². The minimum atomic E-state index is -0.720. The van der Waals surface area contributed by atoms with E-state index >= 15 is 0 Å². The molecule has 0 spiro atoms. The maximum Gasteiger partial charge on any atom is 0.262 e. The van der Waals surface area contributed by atoms with Gasteiger partial charge in [0, 0.05) is 5.56 Å². The Labute approximate surface area is 118 Å². The van der Waals surface area contributed by atoms with E-state index in [4.69, 9.17) is 16.3 Å². The highest BCUT2D eigenvalue weighted by Crippen LogP contribution is 2.26. The van der Waals surface area contributed by atoms with Crippen LogP contribution in [0.15, 0.2) is 24.3 Å². The van der Waals surface area contributed by atoms with Crippen molar-refractivity contribution in [2.75, 3.05) is 0 Å². The lowest BCUT2D eigenvalue weighted by atomic mass is 9.96. The predicted molar refractivity (Wildman–Crippen MR) is 76.0 cm³/mol. The fourth-order valence-electron chi connectivity index (χ4n) is 1.64. The molecule has 4 heteroatoms. The van der Waals surface area contributed by atoms with Gasteiger partial charge in [-0.25, -0.2) is 0 Å². The van der Waals surface area contributed by atoms with Gasteiger partial charge in [-0.3, -0.25) is 9.59 Å². The quantitative estimate of drug-likeness (QED) is 0.470. The van der Waals surface area contributed by atoms with Crippen LogP contribution in [-0.4, -0.2) is 17.1 Å². The van der Waals surface area contributed by atoms with E-state index in [9.17, 15) is 9.59 Å². The Balaban J connectivity index is 3.14. The number of ether oxygens (including phenoxy) is 1. The SMILES string of the molecule is C=C(C)C(=O)c1ccc(OC(C)C(=O)Cl)c(C)c1C. The van der Waals surface area contributed by atoms with E-state index < -0.39 is 11.3 Å². The third kappa shape index (κ3) is 3.44. The van der Waals surface area contributed by atoms with Crippen LogP contribution < -0.4 is 4.74 Å². The molecule has 0 aliphatic rings. The van der Waals surface area contributed by atoms with Gasteiger partial charge >= 0.3 is 0 Å². The molecule has 0 N–H and O–H groups in total. The van der Waals surface area contributed by atoms with Crippen molar-refractivity contribution >= 4 is 22.6 Å². The van der Waals surface area contributed by atoms with Gasteiger partial charge in [-0.05, 0) is 68.1 Å². The zero-order valence-electron chi connectivity index (χ0n) is 11.5. The molecule has 102 valence electrons. The number of rotatable bonds is 5. The molecule has 19 heavy (non-hydrogen) atoms. The van der Waals surface area contributed by atoms with Gasteiger partial charge in [0.25, 0.3) is 5.24 Å². The Morgan fingerprint density at radius 3 is 2.32 bits per heavy atom. The molecular formula is C15H17ClO3. The molecule has 1 aromatic carbocycles. The van der Waals surface area contributed by atoms with Crippen LogP contribution in [0.3, 0.4) is 0 Å². The summed E-state index contributed by atoms with van der Waals surface area (Å²) in [5, 5.41) is -0.556. The van der Waals surface area contributed by atoms with Crippen molar-refractivity contribution < 1.29 is 14.3 Å². The van der Waals surface area contributed by atoms with E-state index in [-0.39, 0.29) is 5.78 Å². The molecule has 3 nitrogen and oxygen atoms in total. The Kier molecular flexibility index (Phi) is 4.90. The van der Waals surface area contributed by atoms with Crippen LogP contribution in [0.2, 0.25) is 0 Å². The van der Waals surface area contributed by atoms with Crippen molar-refractivity contribution in [3.8, 4) is 5.75 Å². The molecule has 0 fully saturated rings. The summed E-state index contributed by atoms with van der Waals surface area (Å²) in [5.41, 5.74) is 2.72. The highest BCUT2D eigenvalue weighted by molar-refractivity contribution is 6.64. The Bertz CT molecular complexity index is 547. The first kappa shape index (κ1) is 15.4. The number of Topliss-reactive ketones (excluding diaryl/α,β-unsaturated/α-hetero) is 1. The molecule has 1 rings (SSSR count). The van der Waals surface area contributed by atoms with Crippen LogP contribution in [0.25, 0.3) is 0 Å². The number of hydrogen-bond donors (Lipinski definition) is 0. The van der Waals surface area contributed by atoms with Crippen molar-refractivity contribution in [3.05, 3.63) is 41.0 Å². The average Bonchev–Trinajstić information content (AvgIpc) is 2.34. The summed E-state index contributed by atoms with van der Waals surface area (Å²) in [6, 6.07) is 3.36. The lowest BCUT2D eigenvalue weighted by Crippen LogP contribution is -2.19. The van der Waals surface area contributed by atoms with Gasteiger partial charge < -0.3 is 4.74 Å². The summed E-state index contributed by atoms with van der Waals surface area (Å²) in [4.78, 5) is 22.9. The second-order valence-electron chi connectivity index (χ2n) is 4.53. The lowest BCUT2D eigenvalue weighted by Gasteiger charge is -2.16. The average molecular weight is 281 g/mol. The van der Waals surface area contributed by atoms with Crippen LogP contribution in [0.5, 0.6) is 5.75 Å². The summed E-state index contributed by atoms with van der Waals surface area (Å²) in [6.07, 6.45) is -0.720. The number of carbonyl (C=O) groups is 2. The number of hydrogen-bond acceptors (Lipinski definition) is 3. The van der Waals surface area contributed by atoms with Gasteiger partial charge in [-0.1, -0.05) is 6.58 Å². The van der Waals surface area contributed by atoms with E-state index in [1.165, 1.54) is 0 Å². The van der Waals surface area contributed by atoms with Gasteiger partial charge in [-0.2, -0.15) is 0 Å². The second kappa shape index (κ2) is 6.02. The van der Waals surface area contributed by atoms with E-state index in [1.54, 1.807) is 26.0 Å². The molecule has 0 saturated heterocycles. The highest BCUT2D eigenvalue weighted by atomic mass is 35.5. The first-order chi connectivity index (χ1) is 8.75. The summed E-state index contributed by atoms with van der Waals surface area (Å²) in [6.45, 7) is 10.6. The van der Waals surface area contributed by atoms with Crippen molar-refractivity contribution in [3.63, 3.8) is 0 Å². The van der Waals surface area contributed by atoms with Gasteiger partial charge in [0.15, 0.2) is 11.9 Å². The monoisotopic (exact) mass is 280 g/mol. The molecular weight excluding hydrogens is 264 g/mol. The Morgan fingerprint density at radius 1 is 1.26 bits per heavy atom. The lowest BCUT2D eigenvalue weighted by molar-refractivity contribution is -0.117. The van der Waals surface area contributed by atoms with Crippen molar-refractivity contribution in [2.24, 2.45) is 0 Å². The van der Waals surface area contributed by atoms with E-state index in [1.807, 2.05) is 13.8 Å². The summed E-state index contributed by atoms with van der Waals surface area (Å²) < 4.78 is 5.47. The van der Waals surface area contributed by atoms with Gasteiger partial charge in [0.1, 0.15) is 5.75 Å². The Morgan fingerprint density at radius 2 is 1.84 bits per heavy atom. The minimum absolute atomic E-state index is 0.0892. The minimum Gasteiger partial charge on any atom is -0.481 e. The predicted octanol–water partition coefficient (Wildman–Crippen LogP) is 3.59. The first-order valence-electron chi connectivity index (χ1n) is 5.92. The first-order valence-corrected chi connectivity index (χ1v) is 6.30. The topological polar surface area (TPSA) is 43.4 Å². The smallest absolute Gasteiger partial charge is 0.262 e. The van der Waals surface area contributed by atoms with E-state index in [0.717, 1.165) is 11.1 Å². The fraction of sp³-hybridized carbons (Fsp3) is 0.333. The number of ketones is 1. The highest BCUT2D eigenvalue weighted by Gasteiger charge is 2.17. The molecule has 1 atom stereocenters. The van der Waals surface area contributed by atoms with Crippen LogP contribution in [0.1, 0.15) is 35.3 Å². The van der Waals surface area contributed by atoms with Crippen LogP contribution in [-0.2, 0) is 4.79 Å². The maximum atomic E-state index is 11.9. The summed E-state index contributed by atoms with van der Waals surface area (Å²) in [7, 11) is 0. The second-order valence-corrected chi connectivity index (χ2v) is 4.91. The summed E-state index contributed by atoms with van der Waals surface area (Å²) in [5.74, 6) is 0.464. The number of allylic oxidation sites excluding steroid dienone is 1. The van der Waals surface area contributed by atoms with Gasteiger partial charge in [-0.15, -0.1) is 0 Å². The normalized spacial score (nSPS) is 11.8. The molecule has 1 aromatic rings. The number of halogens is 1. The maximum absolute atomic E-state index is 11.9. The van der Waals surface area contributed by atoms with Crippen molar-refractivity contribution in [1.29, 1.82) is 0 Å². The Hall–Kier alpha value is -1.61.